The third-order valence-corrected chi connectivity index (χ3v) is 3.90. The minimum absolute atomic E-state index is 0.0461. The van der Waals surface area contributed by atoms with E-state index in [1.54, 1.807) is 6.07 Å². The zero-order chi connectivity index (χ0) is 14.5. The summed E-state index contributed by atoms with van der Waals surface area (Å²) in [4.78, 5) is 12.2. The molecule has 1 atom stereocenters. The summed E-state index contributed by atoms with van der Waals surface area (Å²) in [5, 5.41) is 2.99. The second-order valence-electron chi connectivity index (χ2n) is 4.58. The number of hydrogen-bond acceptors (Lipinski definition) is 1. The minimum Gasteiger partial charge on any atom is -0.346 e. The van der Waals surface area contributed by atoms with Gasteiger partial charge in [-0.2, -0.15) is 0 Å². The number of carbonyl (C=O) groups excluding carboxylic acids is 1. The van der Waals surface area contributed by atoms with Crippen LogP contribution in [0.1, 0.15) is 34.5 Å². The maximum absolute atomic E-state index is 12.2. The normalized spacial score (nSPS) is 11.9. The monoisotopic (exact) mass is 351 g/mol. The highest BCUT2D eigenvalue weighted by Gasteiger charge is 2.11. The lowest BCUT2D eigenvalue weighted by atomic mass is 10.1. The van der Waals surface area contributed by atoms with Crippen molar-refractivity contribution in [3.05, 3.63) is 69.7 Å². The number of rotatable bonds is 4. The molecule has 0 aromatic heterocycles. The molecule has 2 aromatic rings. The lowest BCUT2D eigenvalue weighted by Crippen LogP contribution is -2.26. The van der Waals surface area contributed by atoms with Crippen LogP contribution in [0.3, 0.4) is 0 Å². The smallest absolute Gasteiger partial charge is 0.251 e. The Balaban J connectivity index is 2.08. The molecular weight excluding hydrogens is 338 g/mol. The summed E-state index contributed by atoms with van der Waals surface area (Å²) >= 11 is 9.18. The van der Waals surface area contributed by atoms with Crippen LogP contribution < -0.4 is 5.32 Å². The molecular formula is C16H15BrClNO. The molecule has 1 amide bonds. The van der Waals surface area contributed by atoms with Crippen LogP contribution in [0.15, 0.2) is 53.0 Å². The van der Waals surface area contributed by atoms with E-state index in [1.807, 2.05) is 49.4 Å². The Hall–Kier alpha value is -1.32. The van der Waals surface area contributed by atoms with Crippen LogP contribution >= 0.6 is 27.5 Å². The van der Waals surface area contributed by atoms with Crippen molar-refractivity contribution in [1.82, 2.24) is 5.32 Å². The van der Waals surface area contributed by atoms with E-state index in [0.717, 1.165) is 15.6 Å². The predicted octanol–water partition coefficient (Wildman–Crippen LogP) is 4.68. The zero-order valence-corrected chi connectivity index (χ0v) is 13.4. The fraction of sp³-hybridized carbons (Fsp3) is 0.188. The van der Waals surface area contributed by atoms with E-state index in [0.29, 0.717) is 11.4 Å². The van der Waals surface area contributed by atoms with Crippen LogP contribution in [0.5, 0.6) is 0 Å². The first kappa shape index (κ1) is 15.1. The van der Waals surface area contributed by atoms with Gasteiger partial charge in [-0.1, -0.05) is 40.2 Å². The highest BCUT2D eigenvalue weighted by molar-refractivity contribution is 9.10. The van der Waals surface area contributed by atoms with Crippen molar-refractivity contribution in [2.75, 3.05) is 0 Å². The maximum atomic E-state index is 12.2. The molecule has 2 rings (SSSR count). The second-order valence-corrected chi connectivity index (χ2v) is 5.76. The van der Waals surface area contributed by atoms with Gasteiger partial charge in [-0.25, -0.2) is 0 Å². The summed E-state index contributed by atoms with van der Waals surface area (Å²) in [5.74, 6) is 0.316. The van der Waals surface area contributed by atoms with E-state index >= 15 is 0 Å². The van der Waals surface area contributed by atoms with E-state index in [1.165, 1.54) is 0 Å². The van der Waals surface area contributed by atoms with Crippen molar-refractivity contribution in [2.24, 2.45) is 0 Å². The van der Waals surface area contributed by atoms with E-state index in [9.17, 15) is 4.79 Å². The minimum atomic E-state index is -0.0904. The van der Waals surface area contributed by atoms with Crippen molar-refractivity contribution < 1.29 is 4.79 Å². The topological polar surface area (TPSA) is 29.1 Å². The Bertz CT molecular complexity index is 598. The molecule has 1 N–H and O–H groups in total. The van der Waals surface area contributed by atoms with Gasteiger partial charge in [0, 0.05) is 15.9 Å². The number of nitrogens with one attached hydrogen (secondary N) is 1. The third-order valence-electron chi connectivity index (χ3n) is 3.06. The molecule has 0 saturated heterocycles. The predicted molar refractivity (Wildman–Crippen MR) is 86.0 cm³/mol. The molecule has 0 fully saturated rings. The molecule has 1 unspecified atom stereocenters. The molecule has 104 valence electrons. The second kappa shape index (κ2) is 6.91. The molecule has 0 aliphatic heterocycles. The van der Waals surface area contributed by atoms with Crippen molar-refractivity contribution in [2.45, 2.75) is 18.8 Å². The van der Waals surface area contributed by atoms with Gasteiger partial charge in [-0.3, -0.25) is 4.79 Å². The number of benzene rings is 2. The fourth-order valence-electron chi connectivity index (χ4n) is 1.91. The van der Waals surface area contributed by atoms with E-state index in [4.69, 9.17) is 11.6 Å². The highest BCUT2D eigenvalue weighted by atomic mass is 79.9. The molecule has 0 bridgehead atoms. The molecule has 0 radical (unpaired) electrons. The molecule has 0 heterocycles. The standard InChI is InChI=1S/C16H15BrClNO/c1-11(13-5-7-15(17)8-6-13)19-16(20)14-4-2-3-12(9-14)10-18/h2-9,11H,10H2,1H3,(H,19,20). The fourth-order valence-corrected chi connectivity index (χ4v) is 2.34. The molecule has 4 heteroatoms. The van der Waals surface area contributed by atoms with Crippen molar-refractivity contribution in [3.8, 4) is 0 Å². The van der Waals surface area contributed by atoms with Crippen LogP contribution in [-0.4, -0.2) is 5.91 Å². The van der Waals surface area contributed by atoms with Crippen molar-refractivity contribution in [3.63, 3.8) is 0 Å². The van der Waals surface area contributed by atoms with Gasteiger partial charge in [-0.05, 0) is 42.3 Å². The van der Waals surface area contributed by atoms with Crippen molar-refractivity contribution in [1.29, 1.82) is 0 Å². The van der Waals surface area contributed by atoms with Gasteiger partial charge in [-0.15, -0.1) is 11.6 Å². The Labute approximate surface area is 132 Å². The summed E-state index contributed by atoms with van der Waals surface area (Å²) in [5.41, 5.74) is 2.64. The van der Waals surface area contributed by atoms with Gasteiger partial charge in [0.1, 0.15) is 0 Å². The largest absolute Gasteiger partial charge is 0.346 e. The lowest BCUT2D eigenvalue weighted by Gasteiger charge is -2.14. The van der Waals surface area contributed by atoms with Gasteiger partial charge in [0.15, 0.2) is 0 Å². The molecule has 0 aliphatic carbocycles. The Morgan fingerprint density at radius 1 is 1.25 bits per heavy atom. The molecule has 2 aromatic carbocycles. The molecule has 20 heavy (non-hydrogen) atoms. The molecule has 0 aliphatic rings. The van der Waals surface area contributed by atoms with Gasteiger partial charge in [0.25, 0.3) is 5.91 Å². The first-order chi connectivity index (χ1) is 9.60. The quantitative estimate of drug-likeness (QED) is 0.795. The first-order valence-corrected chi connectivity index (χ1v) is 7.64. The van der Waals surface area contributed by atoms with E-state index in [-0.39, 0.29) is 11.9 Å². The van der Waals surface area contributed by atoms with Crippen LogP contribution in [-0.2, 0) is 5.88 Å². The van der Waals surface area contributed by atoms with Crippen LogP contribution in [0.4, 0.5) is 0 Å². The number of hydrogen-bond donors (Lipinski definition) is 1. The third kappa shape index (κ3) is 3.84. The summed E-state index contributed by atoms with van der Waals surface area (Å²) in [6, 6.07) is 15.2. The lowest BCUT2D eigenvalue weighted by molar-refractivity contribution is 0.0940. The van der Waals surface area contributed by atoms with Crippen LogP contribution in [0.25, 0.3) is 0 Å². The Kier molecular flexibility index (Phi) is 5.21. The van der Waals surface area contributed by atoms with Gasteiger partial charge < -0.3 is 5.32 Å². The number of carbonyl (C=O) groups is 1. The van der Waals surface area contributed by atoms with Crippen LogP contribution in [0.2, 0.25) is 0 Å². The van der Waals surface area contributed by atoms with Gasteiger partial charge in [0.2, 0.25) is 0 Å². The Morgan fingerprint density at radius 2 is 1.95 bits per heavy atom. The average Bonchev–Trinajstić information content (AvgIpc) is 2.47. The SMILES string of the molecule is CC(NC(=O)c1cccc(CCl)c1)c1ccc(Br)cc1. The Morgan fingerprint density at radius 3 is 2.60 bits per heavy atom. The highest BCUT2D eigenvalue weighted by Crippen LogP contribution is 2.17. The van der Waals surface area contributed by atoms with E-state index in [2.05, 4.69) is 21.2 Å². The summed E-state index contributed by atoms with van der Waals surface area (Å²) < 4.78 is 1.02. The maximum Gasteiger partial charge on any atom is 0.251 e. The average molecular weight is 353 g/mol. The number of amides is 1. The van der Waals surface area contributed by atoms with Gasteiger partial charge in [0.05, 0.1) is 6.04 Å². The summed E-state index contributed by atoms with van der Waals surface area (Å²) in [6.07, 6.45) is 0. The summed E-state index contributed by atoms with van der Waals surface area (Å²) in [7, 11) is 0. The van der Waals surface area contributed by atoms with E-state index < -0.39 is 0 Å². The first-order valence-electron chi connectivity index (χ1n) is 6.31. The van der Waals surface area contributed by atoms with Crippen LogP contribution in [0, 0.1) is 0 Å². The molecule has 0 saturated carbocycles. The molecule has 2 nitrogen and oxygen atoms in total. The number of halogens is 2. The molecule has 0 spiro atoms. The summed E-state index contributed by atoms with van der Waals surface area (Å²) in [6.45, 7) is 1.96. The van der Waals surface area contributed by atoms with Crippen molar-refractivity contribution >= 4 is 33.4 Å². The number of alkyl halides is 1. The van der Waals surface area contributed by atoms with Gasteiger partial charge >= 0.3 is 0 Å². The zero-order valence-electron chi connectivity index (χ0n) is 11.1.